The van der Waals surface area contributed by atoms with Crippen molar-refractivity contribution >= 4 is 28.3 Å². The normalized spacial score (nSPS) is 18.7. The highest BCUT2D eigenvalue weighted by atomic mass is 16.5. The lowest BCUT2D eigenvalue weighted by atomic mass is 9.79. The molecule has 1 aliphatic carbocycles. The van der Waals surface area contributed by atoms with Crippen LogP contribution >= 0.6 is 0 Å². The summed E-state index contributed by atoms with van der Waals surface area (Å²) in [5.74, 6) is 0.142. The van der Waals surface area contributed by atoms with Crippen molar-refractivity contribution in [3.05, 3.63) is 71.8 Å². The zero-order valence-electron chi connectivity index (χ0n) is 16.9. The number of carboxylic acid groups (broad SMARTS) is 1. The Hall–Kier alpha value is -3.34. The standard InChI is InChI=1S/C25H25NO4/c1-30-23-13-10-19-14-21(7-6-20(19)15-23)24(27)26-22-11-8-17(9-12-22)16-2-4-18(5-3-16)25(28)29/h6-16,18H,2-5H2,1H3,(H,26,27)(H,28,29). The van der Waals surface area contributed by atoms with E-state index in [9.17, 15) is 9.59 Å². The molecular formula is C25H25NO4. The van der Waals surface area contributed by atoms with Crippen LogP contribution in [0.25, 0.3) is 10.8 Å². The van der Waals surface area contributed by atoms with Gasteiger partial charge in [-0.2, -0.15) is 0 Å². The molecule has 5 heteroatoms. The van der Waals surface area contributed by atoms with Gasteiger partial charge in [-0.3, -0.25) is 9.59 Å². The molecule has 1 fully saturated rings. The van der Waals surface area contributed by atoms with Gasteiger partial charge in [-0.05, 0) is 84.3 Å². The molecule has 0 aliphatic heterocycles. The van der Waals surface area contributed by atoms with E-state index < -0.39 is 5.97 Å². The summed E-state index contributed by atoms with van der Waals surface area (Å²) in [7, 11) is 1.63. The molecule has 30 heavy (non-hydrogen) atoms. The number of anilines is 1. The minimum Gasteiger partial charge on any atom is -0.497 e. The Balaban J connectivity index is 1.41. The summed E-state index contributed by atoms with van der Waals surface area (Å²) < 4.78 is 5.24. The maximum atomic E-state index is 12.7. The van der Waals surface area contributed by atoms with Gasteiger partial charge in [0.25, 0.3) is 5.91 Å². The monoisotopic (exact) mass is 403 g/mol. The van der Waals surface area contributed by atoms with Gasteiger partial charge >= 0.3 is 5.97 Å². The van der Waals surface area contributed by atoms with Crippen molar-refractivity contribution in [2.45, 2.75) is 31.6 Å². The zero-order valence-corrected chi connectivity index (χ0v) is 16.9. The number of amides is 1. The minimum atomic E-state index is -0.681. The third kappa shape index (κ3) is 4.30. The predicted molar refractivity (Wildman–Crippen MR) is 117 cm³/mol. The third-order valence-electron chi connectivity index (χ3n) is 6.03. The lowest BCUT2D eigenvalue weighted by Crippen LogP contribution is -2.20. The number of fused-ring (bicyclic) bond motifs is 1. The SMILES string of the molecule is COc1ccc2cc(C(=O)Nc3ccc(C4CCC(C(=O)O)CC4)cc3)ccc2c1. The second-order valence-electron chi connectivity index (χ2n) is 7.89. The molecule has 0 spiro atoms. The molecule has 3 aromatic carbocycles. The molecule has 0 saturated heterocycles. The van der Waals surface area contributed by atoms with Crippen molar-refractivity contribution in [2.75, 3.05) is 12.4 Å². The van der Waals surface area contributed by atoms with Crippen LogP contribution in [-0.2, 0) is 4.79 Å². The number of carbonyl (C=O) groups is 2. The number of ether oxygens (including phenoxy) is 1. The van der Waals surface area contributed by atoms with Crippen LogP contribution < -0.4 is 10.1 Å². The number of hydrogen-bond donors (Lipinski definition) is 2. The summed E-state index contributed by atoms with van der Waals surface area (Å²) in [5.41, 5.74) is 2.55. The molecular weight excluding hydrogens is 378 g/mol. The minimum absolute atomic E-state index is 0.151. The summed E-state index contributed by atoms with van der Waals surface area (Å²) in [5, 5.41) is 14.1. The highest BCUT2D eigenvalue weighted by Crippen LogP contribution is 2.36. The molecule has 1 amide bonds. The first-order valence-corrected chi connectivity index (χ1v) is 10.3. The largest absolute Gasteiger partial charge is 0.497 e. The van der Waals surface area contributed by atoms with Crippen molar-refractivity contribution in [2.24, 2.45) is 5.92 Å². The molecule has 0 bridgehead atoms. The number of nitrogens with one attached hydrogen (secondary N) is 1. The van der Waals surface area contributed by atoms with Gasteiger partial charge < -0.3 is 15.2 Å². The summed E-state index contributed by atoms with van der Waals surface area (Å²) in [6, 6.07) is 19.3. The molecule has 154 valence electrons. The number of methoxy groups -OCH3 is 1. The average molecular weight is 403 g/mol. The molecule has 5 nitrogen and oxygen atoms in total. The van der Waals surface area contributed by atoms with E-state index in [4.69, 9.17) is 9.84 Å². The number of carbonyl (C=O) groups excluding carboxylic acids is 1. The fourth-order valence-corrected chi connectivity index (χ4v) is 4.21. The van der Waals surface area contributed by atoms with E-state index in [0.717, 1.165) is 47.9 Å². The number of hydrogen-bond acceptors (Lipinski definition) is 3. The Morgan fingerprint density at radius 2 is 1.57 bits per heavy atom. The van der Waals surface area contributed by atoms with Crippen LogP contribution in [0.2, 0.25) is 0 Å². The molecule has 3 aromatic rings. The first-order valence-electron chi connectivity index (χ1n) is 10.3. The van der Waals surface area contributed by atoms with Gasteiger partial charge in [0.1, 0.15) is 5.75 Å². The lowest BCUT2D eigenvalue weighted by Gasteiger charge is -2.26. The van der Waals surface area contributed by atoms with Crippen molar-refractivity contribution in [1.29, 1.82) is 0 Å². The molecule has 2 N–H and O–H groups in total. The average Bonchev–Trinajstić information content (AvgIpc) is 2.79. The third-order valence-corrected chi connectivity index (χ3v) is 6.03. The molecule has 1 saturated carbocycles. The van der Waals surface area contributed by atoms with Crippen LogP contribution in [-0.4, -0.2) is 24.1 Å². The fourth-order valence-electron chi connectivity index (χ4n) is 4.21. The van der Waals surface area contributed by atoms with Crippen LogP contribution in [0.5, 0.6) is 5.75 Å². The molecule has 0 heterocycles. The van der Waals surface area contributed by atoms with E-state index in [-0.39, 0.29) is 11.8 Å². The van der Waals surface area contributed by atoms with E-state index in [0.29, 0.717) is 11.5 Å². The van der Waals surface area contributed by atoms with Crippen molar-refractivity contribution in [3.63, 3.8) is 0 Å². The van der Waals surface area contributed by atoms with Gasteiger partial charge in [-0.1, -0.05) is 24.3 Å². The Kier molecular flexibility index (Phi) is 5.70. The summed E-state index contributed by atoms with van der Waals surface area (Å²) >= 11 is 0. The van der Waals surface area contributed by atoms with Gasteiger partial charge in [0.15, 0.2) is 0 Å². The first kappa shape index (κ1) is 20.0. The van der Waals surface area contributed by atoms with Crippen molar-refractivity contribution < 1.29 is 19.4 Å². The quantitative estimate of drug-likeness (QED) is 0.593. The summed E-state index contributed by atoms with van der Waals surface area (Å²) in [6.07, 6.45) is 3.24. The Bertz CT molecular complexity index is 1070. The van der Waals surface area contributed by atoms with Gasteiger partial charge in [0, 0.05) is 11.3 Å². The number of carboxylic acids is 1. The molecule has 1 aliphatic rings. The maximum Gasteiger partial charge on any atom is 0.306 e. The lowest BCUT2D eigenvalue weighted by molar-refractivity contribution is -0.142. The highest BCUT2D eigenvalue weighted by Gasteiger charge is 2.26. The first-order chi connectivity index (χ1) is 14.5. The van der Waals surface area contributed by atoms with Crippen LogP contribution in [0.1, 0.15) is 47.5 Å². The highest BCUT2D eigenvalue weighted by molar-refractivity contribution is 6.06. The van der Waals surface area contributed by atoms with Gasteiger partial charge in [-0.15, -0.1) is 0 Å². The maximum absolute atomic E-state index is 12.7. The Morgan fingerprint density at radius 3 is 2.23 bits per heavy atom. The Morgan fingerprint density at radius 1 is 0.900 bits per heavy atom. The van der Waals surface area contributed by atoms with E-state index in [1.807, 2.05) is 60.7 Å². The zero-order chi connectivity index (χ0) is 21.1. The fraction of sp³-hybridized carbons (Fsp3) is 0.280. The molecule has 4 rings (SSSR count). The van der Waals surface area contributed by atoms with E-state index >= 15 is 0 Å². The predicted octanol–water partition coefficient (Wildman–Crippen LogP) is 5.46. The van der Waals surface area contributed by atoms with Crippen molar-refractivity contribution in [1.82, 2.24) is 0 Å². The van der Waals surface area contributed by atoms with Crippen LogP contribution in [0.4, 0.5) is 5.69 Å². The molecule has 0 radical (unpaired) electrons. The van der Waals surface area contributed by atoms with Crippen LogP contribution in [0.3, 0.4) is 0 Å². The molecule has 0 aromatic heterocycles. The number of aliphatic carboxylic acids is 1. The molecule has 0 unspecified atom stereocenters. The number of benzene rings is 3. The van der Waals surface area contributed by atoms with Gasteiger partial charge in [0.05, 0.1) is 13.0 Å². The van der Waals surface area contributed by atoms with Gasteiger partial charge in [-0.25, -0.2) is 0 Å². The van der Waals surface area contributed by atoms with Gasteiger partial charge in [0.2, 0.25) is 0 Å². The van der Waals surface area contributed by atoms with E-state index in [1.165, 1.54) is 5.56 Å². The van der Waals surface area contributed by atoms with E-state index in [1.54, 1.807) is 7.11 Å². The summed E-state index contributed by atoms with van der Waals surface area (Å²) in [6.45, 7) is 0. The van der Waals surface area contributed by atoms with Crippen LogP contribution in [0, 0.1) is 5.92 Å². The summed E-state index contributed by atoms with van der Waals surface area (Å²) in [4.78, 5) is 23.8. The smallest absolute Gasteiger partial charge is 0.306 e. The topological polar surface area (TPSA) is 75.6 Å². The van der Waals surface area contributed by atoms with Crippen LogP contribution in [0.15, 0.2) is 60.7 Å². The second kappa shape index (κ2) is 8.57. The Labute approximate surface area is 175 Å². The second-order valence-corrected chi connectivity index (χ2v) is 7.89. The number of rotatable bonds is 5. The molecule has 0 atom stereocenters. The van der Waals surface area contributed by atoms with E-state index in [2.05, 4.69) is 5.32 Å². The van der Waals surface area contributed by atoms with Crippen molar-refractivity contribution in [3.8, 4) is 5.75 Å².